The van der Waals surface area contributed by atoms with E-state index in [9.17, 15) is 14.0 Å². The number of aryl methyl sites for hydroxylation is 1. The number of halogens is 1. The van der Waals surface area contributed by atoms with E-state index < -0.39 is 0 Å². The van der Waals surface area contributed by atoms with E-state index in [1.165, 1.54) is 23.5 Å². The summed E-state index contributed by atoms with van der Waals surface area (Å²) in [5, 5.41) is 3.36. The zero-order valence-electron chi connectivity index (χ0n) is 13.8. The number of anilines is 1. The first-order valence-corrected chi connectivity index (χ1v) is 9.16. The molecule has 0 spiro atoms. The molecule has 2 aromatic rings. The summed E-state index contributed by atoms with van der Waals surface area (Å²) in [7, 11) is 0. The van der Waals surface area contributed by atoms with Crippen LogP contribution in [0.5, 0.6) is 0 Å². The lowest BCUT2D eigenvalue weighted by Gasteiger charge is -2.14. The molecule has 1 saturated carbocycles. The van der Waals surface area contributed by atoms with Crippen LogP contribution in [0.15, 0.2) is 24.3 Å². The van der Waals surface area contributed by atoms with Crippen LogP contribution in [0.25, 0.3) is 11.3 Å². The molecule has 2 heterocycles. The van der Waals surface area contributed by atoms with Gasteiger partial charge in [-0.15, -0.1) is 11.3 Å². The normalized spacial score (nSPS) is 20.2. The Labute approximate surface area is 148 Å². The number of likely N-dealkylation sites (tertiary alicyclic amines) is 1. The van der Waals surface area contributed by atoms with Crippen LogP contribution >= 0.6 is 11.3 Å². The van der Waals surface area contributed by atoms with Crippen LogP contribution in [-0.2, 0) is 9.59 Å². The van der Waals surface area contributed by atoms with E-state index >= 15 is 0 Å². The maximum Gasteiger partial charge on any atom is 0.231 e. The Morgan fingerprint density at radius 3 is 2.72 bits per heavy atom. The highest BCUT2D eigenvalue weighted by atomic mass is 32.1. The van der Waals surface area contributed by atoms with Gasteiger partial charge in [0.05, 0.1) is 11.6 Å². The molecular formula is C18H18FN3O2S. The second-order valence-electron chi connectivity index (χ2n) is 6.60. The van der Waals surface area contributed by atoms with Gasteiger partial charge in [-0.3, -0.25) is 9.59 Å². The van der Waals surface area contributed by atoms with Gasteiger partial charge in [0.1, 0.15) is 5.82 Å². The van der Waals surface area contributed by atoms with E-state index in [0.29, 0.717) is 17.7 Å². The smallest absolute Gasteiger partial charge is 0.231 e. The molecule has 1 aliphatic heterocycles. The number of aromatic nitrogens is 1. The maximum absolute atomic E-state index is 13.1. The molecule has 130 valence electrons. The van der Waals surface area contributed by atoms with E-state index in [2.05, 4.69) is 10.3 Å². The average molecular weight is 359 g/mol. The minimum absolute atomic E-state index is 0.0740. The molecule has 1 atom stereocenters. The Kier molecular flexibility index (Phi) is 4.03. The van der Waals surface area contributed by atoms with Gasteiger partial charge < -0.3 is 10.2 Å². The van der Waals surface area contributed by atoms with Gasteiger partial charge in [0.2, 0.25) is 11.8 Å². The molecule has 1 N–H and O–H groups in total. The highest BCUT2D eigenvalue weighted by Gasteiger charge is 2.41. The molecule has 1 aromatic heterocycles. The van der Waals surface area contributed by atoms with Crippen LogP contribution < -0.4 is 5.32 Å². The first-order chi connectivity index (χ1) is 12.0. The minimum atomic E-state index is -0.313. The number of rotatable bonds is 4. The summed E-state index contributed by atoms with van der Waals surface area (Å²) in [6.07, 6.45) is 2.37. The molecule has 0 radical (unpaired) electrons. The second kappa shape index (κ2) is 6.22. The van der Waals surface area contributed by atoms with Crippen molar-refractivity contribution in [1.82, 2.24) is 9.88 Å². The van der Waals surface area contributed by atoms with Crippen molar-refractivity contribution >= 4 is 28.3 Å². The fraction of sp³-hybridized carbons (Fsp3) is 0.389. The molecule has 25 heavy (non-hydrogen) atoms. The molecule has 0 unspecified atom stereocenters. The van der Waals surface area contributed by atoms with Crippen molar-refractivity contribution in [2.24, 2.45) is 5.92 Å². The molecule has 4 rings (SSSR count). The first kappa shape index (κ1) is 16.2. The number of nitrogens with zero attached hydrogens (tertiary/aromatic N) is 2. The Morgan fingerprint density at radius 1 is 1.32 bits per heavy atom. The molecule has 2 amide bonds. The summed E-state index contributed by atoms with van der Waals surface area (Å²) < 4.78 is 13.1. The lowest BCUT2D eigenvalue weighted by molar-refractivity contribution is -0.128. The first-order valence-electron chi connectivity index (χ1n) is 8.35. The highest BCUT2D eigenvalue weighted by molar-refractivity contribution is 7.16. The van der Waals surface area contributed by atoms with Crippen molar-refractivity contribution in [2.45, 2.75) is 32.2 Å². The van der Waals surface area contributed by atoms with Crippen molar-refractivity contribution in [3.8, 4) is 11.3 Å². The third kappa shape index (κ3) is 3.28. The maximum atomic E-state index is 13.1. The number of nitrogens with one attached hydrogen (secondary N) is 1. The van der Waals surface area contributed by atoms with E-state index in [4.69, 9.17) is 0 Å². The topological polar surface area (TPSA) is 62.3 Å². The molecule has 1 saturated heterocycles. The summed E-state index contributed by atoms with van der Waals surface area (Å²) in [6, 6.07) is 6.47. The standard InChI is InChI=1S/C18H18FN3O2S/c1-10-16(11-2-4-13(19)5-3-11)20-18(25-10)21-17(24)12-8-15(23)22(9-12)14-6-7-14/h2-5,12,14H,6-9H2,1H3,(H,20,21,24)/t12-/m1/s1. The van der Waals surface area contributed by atoms with Crippen LogP contribution in [0.3, 0.4) is 0 Å². The van der Waals surface area contributed by atoms with Gasteiger partial charge in [0.15, 0.2) is 5.13 Å². The van der Waals surface area contributed by atoms with Gasteiger partial charge in [0.25, 0.3) is 0 Å². The SMILES string of the molecule is Cc1sc(NC(=O)[C@@H]2CC(=O)N(C3CC3)C2)nc1-c1ccc(F)cc1. The number of benzene rings is 1. The summed E-state index contributed by atoms with van der Waals surface area (Å²) in [4.78, 5) is 31.7. The van der Waals surface area contributed by atoms with Crippen molar-refractivity contribution in [3.05, 3.63) is 35.0 Å². The third-order valence-corrected chi connectivity index (χ3v) is 5.55. The minimum Gasteiger partial charge on any atom is -0.339 e. The van der Waals surface area contributed by atoms with E-state index in [1.54, 1.807) is 12.1 Å². The van der Waals surface area contributed by atoms with Crippen LogP contribution in [-0.4, -0.2) is 34.3 Å². The number of hydrogen-bond acceptors (Lipinski definition) is 4. The monoisotopic (exact) mass is 359 g/mol. The zero-order valence-corrected chi connectivity index (χ0v) is 14.6. The predicted molar refractivity (Wildman–Crippen MR) is 93.7 cm³/mol. The number of thiazole rings is 1. The molecule has 0 bridgehead atoms. The van der Waals surface area contributed by atoms with Gasteiger partial charge in [0, 0.05) is 29.4 Å². The Hall–Kier alpha value is -2.28. The zero-order chi connectivity index (χ0) is 17.6. The van der Waals surface area contributed by atoms with Gasteiger partial charge in [-0.1, -0.05) is 0 Å². The van der Waals surface area contributed by atoms with E-state index in [1.807, 2.05) is 11.8 Å². The Morgan fingerprint density at radius 2 is 2.04 bits per heavy atom. The Bertz CT molecular complexity index is 829. The molecule has 1 aliphatic carbocycles. The lowest BCUT2D eigenvalue weighted by Crippen LogP contribution is -2.29. The van der Waals surface area contributed by atoms with E-state index in [-0.39, 0.29) is 30.0 Å². The van der Waals surface area contributed by atoms with Crippen molar-refractivity contribution in [1.29, 1.82) is 0 Å². The fourth-order valence-electron chi connectivity index (χ4n) is 3.18. The van der Waals surface area contributed by atoms with Gasteiger partial charge >= 0.3 is 0 Å². The van der Waals surface area contributed by atoms with E-state index in [0.717, 1.165) is 29.0 Å². The average Bonchev–Trinajstić information content (AvgIpc) is 3.25. The molecule has 2 aliphatic rings. The molecule has 5 nitrogen and oxygen atoms in total. The summed E-state index contributed by atoms with van der Waals surface area (Å²) in [5.41, 5.74) is 1.55. The van der Waals surface area contributed by atoms with Crippen LogP contribution in [0.2, 0.25) is 0 Å². The molecule has 2 fully saturated rings. The fourth-order valence-corrected chi connectivity index (χ4v) is 4.02. The number of carbonyl (C=O) groups excluding carboxylic acids is 2. The molecule has 1 aromatic carbocycles. The van der Waals surface area contributed by atoms with Crippen molar-refractivity contribution in [3.63, 3.8) is 0 Å². The second-order valence-corrected chi connectivity index (χ2v) is 7.80. The summed E-state index contributed by atoms with van der Waals surface area (Å²) >= 11 is 1.39. The number of hydrogen-bond donors (Lipinski definition) is 1. The summed E-state index contributed by atoms with van der Waals surface area (Å²) in [5.74, 6) is -0.691. The molecular weight excluding hydrogens is 341 g/mol. The highest BCUT2D eigenvalue weighted by Crippen LogP contribution is 2.34. The van der Waals surface area contributed by atoms with Crippen molar-refractivity contribution in [2.75, 3.05) is 11.9 Å². The van der Waals surface area contributed by atoms with Crippen LogP contribution in [0.1, 0.15) is 24.1 Å². The van der Waals surface area contributed by atoms with Gasteiger partial charge in [-0.05, 0) is 44.0 Å². The predicted octanol–water partition coefficient (Wildman–Crippen LogP) is 3.21. The van der Waals surface area contributed by atoms with Gasteiger partial charge in [-0.25, -0.2) is 9.37 Å². The van der Waals surface area contributed by atoms with Crippen LogP contribution in [0, 0.1) is 18.7 Å². The lowest BCUT2D eigenvalue weighted by atomic mass is 10.1. The Balaban J connectivity index is 1.46. The van der Waals surface area contributed by atoms with Crippen LogP contribution in [0.4, 0.5) is 9.52 Å². The molecule has 7 heteroatoms. The number of amides is 2. The largest absolute Gasteiger partial charge is 0.339 e. The third-order valence-electron chi connectivity index (χ3n) is 4.66. The van der Waals surface area contributed by atoms with Crippen molar-refractivity contribution < 1.29 is 14.0 Å². The number of carbonyl (C=O) groups is 2. The summed E-state index contributed by atoms with van der Waals surface area (Å²) in [6.45, 7) is 2.42. The quantitative estimate of drug-likeness (QED) is 0.912. The van der Waals surface area contributed by atoms with Gasteiger partial charge in [-0.2, -0.15) is 0 Å².